The Labute approximate surface area is 152 Å². The third-order valence-electron chi connectivity index (χ3n) is 7.08. The van der Waals surface area contributed by atoms with Crippen molar-refractivity contribution in [3.05, 3.63) is 24.2 Å². The molecule has 1 aliphatic carbocycles. The van der Waals surface area contributed by atoms with Crippen molar-refractivity contribution in [2.45, 2.75) is 70.4 Å². The molecule has 0 amide bonds. The smallest absolute Gasteiger partial charge is 0.309 e. The number of hydrogen-bond donors (Lipinski definition) is 1. The number of fused-ring (bicyclic) bond motifs is 1. The van der Waals surface area contributed by atoms with Crippen molar-refractivity contribution >= 4 is 11.8 Å². The van der Waals surface area contributed by atoms with Crippen LogP contribution in [0.3, 0.4) is 0 Å². The van der Waals surface area contributed by atoms with E-state index in [4.69, 9.17) is 13.9 Å². The highest BCUT2D eigenvalue weighted by atomic mass is 16.6. The minimum absolute atomic E-state index is 0.0528. The number of furan rings is 1. The molecule has 4 rings (SSSR count). The molecule has 0 radical (unpaired) electrons. The zero-order valence-corrected chi connectivity index (χ0v) is 15.4. The van der Waals surface area contributed by atoms with Gasteiger partial charge < -0.3 is 19.0 Å². The van der Waals surface area contributed by atoms with Gasteiger partial charge in [0, 0.05) is 18.4 Å². The molecular weight excluding hydrogens is 336 g/mol. The number of cyclic esters (lactones) is 1. The van der Waals surface area contributed by atoms with Gasteiger partial charge in [-0.1, -0.05) is 6.92 Å². The molecule has 2 aliphatic heterocycles. The molecule has 6 heteroatoms. The van der Waals surface area contributed by atoms with Gasteiger partial charge in [0.05, 0.1) is 36.1 Å². The maximum absolute atomic E-state index is 12.6. The SMILES string of the molecule is CC(CC(O)C1(C)C(=O)CCC2OC21C)C1CC(c2ccoc2)OC1=O. The van der Waals surface area contributed by atoms with Crippen molar-refractivity contribution in [1.29, 1.82) is 0 Å². The number of Topliss-reactive ketones (excluding diaryl/α,β-unsaturated/α-hetero) is 1. The second-order valence-corrected chi connectivity index (χ2v) is 8.43. The van der Waals surface area contributed by atoms with Gasteiger partial charge in [-0.2, -0.15) is 0 Å². The van der Waals surface area contributed by atoms with Crippen molar-refractivity contribution in [2.75, 3.05) is 0 Å². The van der Waals surface area contributed by atoms with Crippen LogP contribution in [-0.2, 0) is 19.1 Å². The summed E-state index contributed by atoms with van der Waals surface area (Å²) in [5, 5.41) is 11.0. The first-order valence-electron chi connectivity index (χ1n) is 9.39. The van der Waals surface area contributed by atoms with E-state index in [0.717, 1.165) is 12.0 Å². The normalized spacial score (nSPS) is 41.5. The van der Waals surface area contributed by atoms with E-state index < -0.39 is 17.1 Å². The van der Waals surface area contributed by atoms with Crippen LogP contribution in [0.5, 0.6) is 0 Å². The average molecular weight is 362 g/mol. The lowest BCUT2D eigenvalue weighted by Gasteiger charge is -2.40. The minimum Gasteiger partial charge on any atom is -0.472 e. The fraction of sp³-hybridized carbons (Fsp3) is 0.700. The Hall–Kier alpha value is -1.66. The zero-order chi connectivity index (χ0) is 18.7. The Balaban J connectivity index is 1.45. The van der Waals surface area contributed by atoms with Crippen LogP contribution in [0.4, 0.5) is 0 Å². The topological polar surface area (TPSA) is 89.3 Å². The van der Waals surface area contributed by atoms with E-state index >= 15 is 0 Å². The zero-order valence-electron chi connectivity index (χ0n) is 15.4. The summed E-state index contributed by atoms with van der Waals surface area (Å²) in [6, 6.07) is 1.80. The van der Waals surface area contributed by atoms with E-state index in [-0.39, 0.29) is 35.8 Å². The van der Waals surface area contributed by atoms with E-state index in [1.54, 1.807) is 18.6 Å². The summed E-state index contributed by atoms with van der Waals surface area (Å²) in [5.74, 6) is -0.584. The van der Waals surface area contributed by atoms with Crippen LogP contribution in [0, 0.1) is 17.3 Å². The molecule has 1 saturated carbocycles. The number of carbonyl (C=O) groups excluding carboxylic acids is 2. The number of rotatable bonds is 5. The summed E-state index contributed by atoms with van der Waals surface area (Å²) in [6.07, 6.45) is 4.16. The largest absolute Gasteiger partial charge is 0.472 e. The van der Waals surface area contributed by atoms with Crippen molar-refractivity contribution in [3.63, 3.8) is 0 Å². The number of aliphatic hydroxyl groups is 1. The first kappa shape index (κ1) is 17.7. The standard InChI is InChI=1S/C20H26O6/c1-11(13-9-14(25-18(13)23)12-6-7-24-10-12)8-16(22)19(2)15(21)4-5-17-20(19,3)26-17/h6-7,10-11,13-14,16-17,22H,4-5,8-9H2,1-3H3. The molecule has 1 N–H and O–H groups in total. The molecule has 3 heterocycles. The third-order valence-corrected chi connectivity index (χ3v) is 7.08. The van der Waals surface area contributed by atoms with E-state index in [1.165, 1.54) is 0 Å². The predicted molar refractivity (Wildman–Crippen MR) is 91.1 cm³/mol. The van der Waals surface area contributed by atoms with Crippen molar-refractivity contribution in [1.82, 2.24) is 0 Å². The van der Waals surface area contributed by atoms with Gasteiger partial charge in [-0.25, -0.2) is 0 Å². The number of epoxide rings is 1. The summed E-state index contributed by atoms with van der Waals surface area (Å²) >= 11 is 0. The lowest BCUT2D eigenvalue weighted by atomic mass is 9.62. The van der Waals surface area contributed by atoms with Gasteiger partial charge in [0.1, 0.15) is 17.5 Å². The van der Waals surface area contributed by atoms with Crippen molar-refractivity contribution in [3.8, 4) is 0 Å². The molecule has 1 aromatic rings. The Kier molecular flexibility index (Phi) is 4.04. The molecule has 26 heavy (non-hydrogen) atoms. The molecule has 0 bridgehead atoms. The fourth-order valence-corrected chi connectivity index (χ4v) is 4.85. The summed E-state index contributed by atoms with van der Waals surface area (Å²) in [6.45, 7) is 5.67. The lowest BCUT2D eigenvalue weighted by Crippen LogP contribution is -2.54. The van der Waals surface area contributed by atoms with Gasteiger partial charge in [-0.15, -0.1) is 0 Å². The Bertz CT molecular complexity index is 712. The second-order valence-electron chi connectivity index (χ2n) is 8.43. The van der Waals surface area contributed by atoms with Crippen LogP contribution in [0.15, 0.2) is 23.0 Å². The molecule has 3 aliphatic rings. The van der Waals surface area contributed by atoms with Gasteiger partial charge in [0.2, 0.25) is 0 Å². The summed E-state index contributed by atoms with van der Waals surface area (Å²) < 4.78 is 16.3. The van der Waals surface area contributed by atoms with Crippen molar-refractivity contribution in [2.24, 2.45) is 17.3 Å². The highest BCUT2D eigenvalue weighted by molar-refractivity contribution is 5.88. The van der Waals surface area contributed by atoms with E-state index in [9.17, 15) is 14.7 Å². The third kappa shape index (κ3) is 2.46. The first-order valence-corrected chi connectivity index (χ1v) is 9.39. The molecule has 7 unspecified atom stereocenters. The number of aliphatic hydroxyl groups excluding tert-OH is 1. The van der Waals surface area contributed by atoms with E-state index in [0.29, 0.717) is 19.3 Å². The summed E-state index contributed by atoms with van der Waals surface area (Å²) in [4.78, 5) is 25.0. The molecule has 0 spiro atoms. The molecule has 142 valence electrons. The Morgan fingerprint density at radius 1 is 1.35 bits per heavy atom. The molecular formula is C20H26O6. The Morgan fingerprint density at radius 3 is 2.81 bits per heavy atom. The van der Waals surface area contributed by atoms with E-state index in [2.05, 4.69) is 0 Å². The van der Waals surface area contributed by atoms with Crippen LogP contribution in [0.2, 0.25) is 0 Å². The van der Waals surface area contributed by atoms with Crippen LogP contribution >= 0.6 is 0 Å². The molecule has 0 aromatic carbocycles. The maximum Gasteiger partial charge on any atom is 0.309 e. The highest BCUT2D eigenvalue weighted by Gasteiger charge is 2.71. The molecule has 1 aromatic heterocycles. The van der Waals surface area contributed by atoms with Crippen molar-refractivity contribution < 1.29 is 28.6 Å². The van der Waals surface area contributed by atoms with Gasteiger partial charge in [0.15, 0.2) is 0 Å². The van der Waals surface area contributed by atoms with Crippen LogP contribution < -0.4 is 0 Å². The monoisotopic (exact) mass is 362 g/mol. The molecule has 6 nitrogen and oxygen atoms in total. The first-order chi connectivity index (χ1) is 12.3. The van der Waals surface area contributed by atoms with E-state index in [1.807, 2.05) is 20.8 Å². The highest BCUT2D eigenvalue weighted by Crippen LogP contribution is 2.58. The fourth-order valence-electron chi connectivity index (χ4n) is 4.85. The van der Waals surface area contributed by atoms with Crippen LogP contribution in [0.25, 0.3) is 0 Å². The minimum atomic E-state index is -0.920. The van der Waals surface area contributed by atoms with Gasteiger partial charge in [-0.05, 0) is 38.7 Å². The summed E-state index contributed by atoms with van der Waals surface area (Å²) in [7, 11) is 0. The summed E-state index contributed by atoms with van der Waals surface area (Å²) in [5.41, 5.74) is -0.655. The number of carbonyl (C=O) groups is 2. The predicted octanol–water partition coefficient (Wildman–Crippen LogP) is 2.80. The average Bonchev–Trinajstić information content (AvgIpc) is 2.96. The molecule has 3 fully saturated rings. The van der Waals surface area contributed by atoms with Crippen LogP contribution in [-0.4, -0.2) is 34.7 Å². The van der Waals surface area contributed by atoms with Gasteiger partial charge >= 0.3 is 5.97 Å². The molecule has 7 atom stereocenters. The Morgan fingerprint density at radius 2 is 2.12 bits per heavy atom. The lowest BCUT2D eigenvalue weighted by molar-refractivity contribution is -0.146. The number of esters is 1. The number of ether oxygens (including phenoxy) is 2. The van der Waals surface area contributed by atoms with Crippen LogP contribution in [0.1, 0.15) is 58.1 Å². The van der Waals surface area contributed by atoms with Gasteiger partial charge in [-0.3, -0.25) is 9.59 Å². The number of hydrogen-bond acceptors (Lipinski definition) is 6. The quantitative estimate of drug-likeness (QED) is 0.640. The maximum atomic E-state index is 12.6. The van der Waals surface area contributed by atoms with Gasteiger partial charge in [0.25, 0.3) is 0 Å². The second kappa shape index (κ2) is 5.92. The molecule has 2 saturated heterocycles. The number of ketones is 1.